The Hall–Kier alpha value is -2.88. The number of halogens is 2. The van der Waals surface area contributed by atoms with E-state index in [1.54, 1.807) is 37.3 Å². The maximum Gasteiger partial charge on any atom is 0.264 e. The fraction of sp³-hybridized carbons (Fsp3) is 0.333. The average Bonchev–Trinajstić information content (AvgIpc) is 3.43. The van der Waals surface area contributed by atoms with Crippen molar-refractivity contribution in [2.45, 2.75) is 63.1 Å². The number of nitrogens with zero attached hydrogens (tertiary/aromatic N) is 2. The van der Waals surface area contributed by atoms with E-state index in [9.17, 15) is 18.0 Å². The summed E-state index contributed by atoms with van der Waals surface area (Å²) < 4.78 is 29.6. The quantitative estimate of drug-likeness (QED) is 0.289. The van der Waals surface area contributed by atoms with Crippen molar-refractivity contribution in [1.29, 1.82) is 0 Å². The molecular weight excluding hydrogens is 614 g/mol. The number of hydrogen-bond acceptors (Lipinski definition) is 4. The van der Waals surface area contributed by atoms with Crippen molar-refractivity contribution in [3.05, 3.63) is 93.4 Å². The summed E-state index contributed by atoms with van der Waals surface area (Å²) in [6, 6.07) is 19.6. The molecule has 40 heavy (non-hydrogen) atoms. The number of hydrogen-bond donors (Lipinski definition) is 1. The van der Waals surface area contributed by atoms with Gasteiger partial charge in [0.05, 0.1) is 10.6 Å². The van der Waals surface area contributed by atoms with Gasteiger partial charge in [0.15, 0.2) is 0 Å². The van der Waals surface area contributed by atoms with Crippen molar-refractivity contribution in [2.75, 3.05) is 10.8 Å². The van der Waals surface area contributed by atoms with Crippen LogP contribution in [0.3, 0.4) is 0 Å². The second-order valence-corrected chi connectivity index (χ2v) is 13.3. The van der Waals surface area contributed by atoms with Crippen molar-refractivity contribution in [3.8, 4) is 0 Å². The van der Waals surface area contributed by atoms with E-state index in [0.717, 1.165) is 45.6 Å². The highest BCUT2D eigenvalue weighted by Gasteiger charge is 2.33. The van der Waals surface area contributed by atoms with Gasteiger partial charge in [-0.1, -0.05) is 76.3 Å². The van der Waals surface area contributed by atoms with Crippen LogP contribution in [0.4, 0.5) is 5.69 Å². The fourth-order valence-corrected chi connectivity index (χ4v) is 6.84. The summed E-state index contributed by atoms with van der Waals surface area (Å²) in [6.07, 6.45) is 3.95. The number of carbonyl (C=O) groups is 2. The van der Waals surface area contributed by atoms with Crippen molar-refractivity contribution < 1.29 is 18.0 Å². The number of carbonyl (C=O) groups excluding carboxylic acids is 2. The molecule has 0 aliphatic heterocycles. The van der Waals surface area contributed by atoms with Gasteiger partial charge in [0, 0.05) is 22.1 Å². The number of sulfonamides is 1. The smallest absolute Gasteiger partial charge is 0.264 e. The first-order valence-corrected chi connectivity index (χ1v) is 15.8. The molecule has 0 bridgehead atoms. The van der Waals surface area contributed by atoms with Crippen LogP contribution in [0.5, 0.6) is 0 Å². The van der Waals surface area contributed by atoms with Crippen molar-refractivity contribution >= 4 is 55.1 Å². The lowest BCUT2D eigenvalue weighted by Crippen LogP contribution is -2.52. The first kappa shape index (κ1) is 30.1. The van der Waals surface area contributed by atoms with E-state index < -0.39 is 28.5 Å². The Balaban J connectivity index is 1.69. The normalized spacial score (nSPS) is 14.5. The van der Waals surface area contributed by atoms with E-state index in [1.165, 1.54) is 23.1 Å². The summed E-state index contributed by atoms with van der Waals surface area (Å²) in [6.45, 7) is 3.17. The predicted molar refractivity (Wildman–Crippen MR) is 162 cm³/mol. The number of anilines is 1. The molecule has 4 rings (SSSR count). The Bertz CT molecular complexity index is 1460. The SMILES string of the molecule is Cc1ccc(S(=O)(=O)N(CC(=O)N(Cc2cccc(Br)c2)[C@@H](C)C(=O)NC2CCCC2)c2cccc(Cl)c2)cc1. The van der Waals surface area contributed by atoms with Crippen molar-refractivity contribution in [1.82, 2.24) is 10.2 Å². The molecule has 0 heterocycles. The molecule has 0 unspecified atom stereocenters. The van der Waals surface area contributed by atoms with Gasteiger partial charge >= 0.3 is 0 Å². The molecule has 3 aromatic carbocycles. The molecule has 0 spiro atoms. The van der Waals surface area contributed by atoms with E-state index in [0.29, 0.717) is 5.02 Å². The lowest BCUT2D eigenvalue weighted by molar-refractivity contribution is -0.139. The molecule has 1 saturated carbocycles. The van der Waals surface area contributed by atoms with Gasteiger partial charge in [0.1, 0.15) is 12.6 Å². The molecule has 0 radical (unpaired) electrons. The molecule has 0 aromatic heterocycles. The van der Waals surface area contributed by atoms with E-state index in [2.05, 4.69) is 21.2 Å². The second kappa shape index (κ2) is 13.2. The van der Waals surface area contributed by atoms with Crippen LogP contribution in [0.25, 0.3) is 0 Å². The van der Waals surface area contributed by atoms with Crippen LogP contribution in [-0.2, 0) is 26.2 Å². The molecule has 10 heteroatoms. The Morgan fingerprint density at radius 1 is 1.02 bits per heavy atom. The van der Waals surface area contributed by atoms with E-state index in [1.807, 2.05) is 31.2 Å². The number of rotatable bonds is 10. The van der Waals surface area contributed by atoms with Crippen LogP contribution in [0.2, 0.25) is 5.02 Å². The van der Waals surface area contributed by atoms with Crippen molar-refractivity contribution in [3.63, 3.8) is 0 Å². The third-order valence-electron chi connectivity index (χ3n) is 7.09. The zero-order valence-corrected chi connectivity index (χ0v) is 25.7. The first-order valence-electron chi connectivity index (χ1n) is 13.2. The van der Waals surface area contributed by atoms with Crippen LogP contribution in [0.15, 0.2) is 82.2 Å². The Labute approximate surface area is 249 Å². The Morgan fingerprint density at radius 3 is 2.35 bits per heavy atom. The van der Waals surface area contributed by atoms with Crippen LogP contribution >= 0.6 is 27.5 Å². The number of benzene rings is 3. The lowest BCUT2D eigenvalue weighted by atomic mass is 10.1. The van der Waals surface area contributed by atoms with E-state index >= 15 is 0 Å². The summed E-state index contributed by atoms with van der Waals surface area (Å²) in [4.78, 5) is 28.8. The largest absolute Gasteiger partial charge is 0.352 e. The molecular formula is C30H33BrClN3O4S. The molecule has 1 atom stereocenters. The molecule has 1 N–H and O–H groups in total. The van der Waals surface area contributed by atoms with Gasteiger partial charge in [-0.2, -0.15) is 0 Å². The van der Waals surface area contributed by atoms with Gasteiger partial charge in [-0.15, -0.1) is 0 Å². The molecule has 1 aliphatic carbocycles. The first-order chi connectivity index (χ1) is 19.0. The summed E-state index contributed by atoms with van der Waals surface area (Å²) >= 11 is 9.69. The zero-order valence-electron chi connectivity index (χ0n) is 22.5. The van der Waals surface area contributed by atoms with Crippen LogP contribution in [0, 0.1) is 6.92 Å². The van der Waals surface area contributed by atoms with Crippen LogP contribution < -0.4 is 9.62 Å². The van der Waals surface area contributed by atoms with Gasteiger partial charge in [0.2, 0.25) is 11.8 Å². The minimum absolute atomic E-state index is 0.0523. The maximum atomic E-state index is 14.0. The van der Waals surface area contributed by atoms with Crippen LogP contribution in [0.1, 0.15) is 43.7 Å². The Kier molecular flexibility index (Phi) is 9.92. The van der Waals surface area contributed by atoms with Gasteiger partial charge in [0.25, 0.3) is 10.0 Å². The summed E-state index contributed by atoms with van der Waals surface area (Å²) in [5.74, 6) is -0.768. The lowest BCUT2D eigenvalue weighted by Gasteiger charge is -2.32. The third kappa shape index (κ3) is 7.44. The molecule has 3 aromatic rings. The molecule has 1 aliphatic rings. The second-order valence-electron chi connectivity index (χ2n) is 10.1. The molecule has 0 saturated heterocycles. The minimum atomic E-state index is -4.14. The molecule has 2 amide bonds. The topological polar surface area (TPSA) is 86.8 Å². The highest BCUT2D eigenvalue weighted by molar-refractivity contribution is 9.10. The standard InChI is InChI=1S/C30H33BrClN3O4S/c1-21-13-15-28(16-14-21)40(38,39)35(27-12-6-9-25(32)18-27)20-29(36)34(19-23-7-5-8-24(31)17-23)22(2)30(37)33-26-10-3-4-11-26/h5-9,12-18,22,26H,3-4,10-11,19-20H2,1-2H3,(H,33,37)/t22-/m0/s1. The highest BCUT2D eigenvalue weighted by atomic mass is 79.9. The van der Waals surface area contributed by atoms with Gasteiger partial charge < -0.3 is 10.2 Å². The zero-order chi connectivity index (χ0) is 28.9. The van der Waals surface area contributed by atoms with E-state index in [-0.39, 0.29) is 29.1 Å². The maximum absolute atomic E-state index is 14.0. The van der Waals surface area contributed by atoms with Crippen LogP contribution in [-0.4, -0.2) is 43.8 Å². The molecule has 1 fully saturated rings. The summed E-state index contributed by atoms with van der Waals surface area (Å²) in [5.41, 5.74) is 1.97. The van der Waals surface area contributed by atoms with E-state index in [4.69, 9.17) is 11.6 Å². The molecule has 7 nitrogen and oxygen atoms in total. The fourth-order valence-electron chi connectivity index (χ4n) is 4.80. The molecule has 212 valence electrons. The summed E-state index contributed by atoms with van der Waals surface area (Å²) in [7, 11) is -4.14. The van der Waals surface area contributed by atoms with Gasteiger partial charge in [-0.05, 0) is 74.7 Å². The summed E-state index contributed by atoms with van der Waals surface area (Å²) in [5, 5.41) is 3.41. The predicted octanol–water partition coefficient (Wildman–Crippen LogP) is 6.08. The Morgan fingerprint density at radius 2 is 1.70 bits per heavy atom. The average molecular weight is 647 g/mol. The number of aryl methyl sites for hydroxylation is 1. The highest BCUT2D eigenvalue weighted by Crippen LogP contribution is 2.27. The monoisotopic (exact) mass is 645 g/mol. The minimum Gasteiger partial charge on any atom is -0.352 e. The van der Waals surface area contributed by atoms with Gasteiger partial charge in [-0.25, -0.2) is 8.42 Å². The number of nitrogens with one attached hydrogen (secondary N) is 1. The number of amides is 2. The van der Waals surface area contributed by atoms with Crippen molar-refractivity contribution in [2.24, 2.45) is 0 Å². The van der Waals surface area contributed by atoms with Gasteiger partial charge in [-0.3, -0.25) is 13.9 Å². The third-order valence-corrected chi connectivity index (χ3v) is 9.61.